The first-order valence-corrected chi connectivity index (χ1v) is 10.8. The first kappa shape index (κ1) is 22.0. The van der Waals surface area contributed by atoms with E-state index in [-0.39, 0.29) is 24.4 Å². The fraction of sp³-hybridized carbons (Fsp3) is 0.765. The summed E-state index contributed by atoms with van der Waals surface area (Å²) in [7, 11) is 0.521. The van der Waals surface area contributed by atoms with Crippen molar-refractivity contribution in [3.8, 4) is 0 Å². The summed E-state index contributed by atoms with van der Waals surface area (Å²) < 4.78 is 28.0. The molecule has 0 amide bonds. The van der Waals surface area contributed by atoms with E-state index >= 15 is 0 Å². The summed E-state index contributed by atoms with van der Waals surface area (Å²) in [6, 6.07) is 1.53. The second-order valence-electron chi connectivity index (χ2n) is 7.58. The van der Waals surface area contributed by atoms with Gasteiger partial charge in [-0.05, 0) is 27.9 Å². The molecular weight excluding hydrogens is 371 g/mol. The summed E-state index contributed by atoms with van der Waals surface area (Å²) in [5, 5.41) is 0. The summed E-state index contributed by atoms with van der Waals surface area (Å²) in [6.45, 7) is 9.14. The third kappa shape index (κ3) is 5.18. The molecule has 2 rings (SSSR count). The van der Waals surface area contributed by atoms with Crippen molar-refractivity contribution in [1.29, 1.82) is 0 Å². The molecule has 0 bridgehead atoms. The van der Waals surface area contributed by atoms with Crippen molar-refractivity contribution < 1.29 is 13.8 Å². The van der Waals surface area contributed by atoms with Gasteiger partial charge in [-0.3, -0.25) is 23.8 Å². The molecule has 3 unspecified atom stereocenters. The van der Waals surface area contributed by atoms with Gasteiger partial charge in [-0.25, -0.2) is 9.46 Å². The van der Waals surface area contributed by atoms with Gasteiger partial charge in [-0.2, -0.15) is 0 Å². The van der Waals surface area contributed by atoms with Gasteiger partial charge in [0.2, 0.25) is 0 Å². The zero-order valence-electron chi connectivity index (χ0n) is 16.9. The minimum atomic E-state index is -2.96. The Morgan fingerprint density at radius 1 is 1.30 bits per heavy atom. The molecule has 1 aromatic rings. The Morgan fingerprint density at radius 3 is 2.48 bits per heavy atom. The van der Waals surface area contributed by atoms with Gasteiger partial charge in [0, 0.05) is 37.1 Å². The number of ether oxygens (including phenoxy) is 1. The third-order valence-electron chi connectivity index (χ3n) is 4.73. The zero-order valence-corrected chi connectivity index (χ0v) is 17.8. The van der Waals surface area contributed by atoms with Crippen LogP contribution in [0.2, 0.25) is 0 Å². The number of nitrogens with one attached hydrogen (secondary N) is 1. The molecule has 1 aliphatic rings. The number of nitrogens with zero attached hydrogens (tertiary/aromatic N) is 3. The number of hydrogen-bond donors (Lipinski definition) is 1. The quantitative estimate of drug-likeness (QED) is 0.687. The molecule has 1 fully saturated rings. The maximum absolute atomic E-state index is 13.1. The molecular formula is C17H31N4O5P. The maximum atomic E-state index is 13.1. The van der Waals surface area contributed by atoms with Gasteiger partial charge in [0.1, 0.15) is 0 Å². The fourth-order valence-corrected chi connectivity index (χ4v) is 4.92. The molecule has 2 heterocycles. The molecule has 3 atom stereocenters. The smallest absolute Gasteiger partial charge is 0.330 e. The van der Waals surface area contributed by atoms with Gasteiger partial charge in [-0.15, -0.1) is 0 Å². The van der Waals surface area contributed by atoms with Crippen LogP contribution in [0, 0.1) is 0 Å². The second kappa shape index (κ2) is 8.84. The molecule has 0 radical (unpaired) electrons. The minimum Gasteiger partial charge on any atom is -0.350 e. The van der Waals surface area contributed by atoms with Gasteiger partial charge in [0.25, 0.3) is 13.1 Å². The molecule has 1 aromatic heterocycles. The van der Waals surface area contributed by atoms with E-state index in [4.69, 9.17) is 9.26 Å². The Labute approximate surface area is 159 Å². The van der Waals surface area contributed by atoms with E-state index in [1.54, 1.807) is 18.8 Å². The summed E-state index contributed by atoms with van der Waals surface area (Å²) in [5.74, 6) is 0. The first-order chi connectivity index (χ1) is 12.5. The second-order valence-corrected chi connectivity index (χ2v) is 10.8. The number of aromatic nitrogens is 2. The fourth-order valence-electron chi connectivity index (χ4n) is 3.08. The highest BCUT2D eigenvalue weighted by molar-refractivity contribution is 7.57. The number of hydrogen-bond acceptors (Lipinski definition) is 6. The molecule has 10 heteroatoms. The van der Waals surface area contributed by atoms with Crippen LogP contribution in [0.5, 0.6) is 0 Å². The predicted molar refractivity (Wildman–Crippen MR) is 104 cm³/mol. The zero-order chi connectivity index (χ0) is 20.4. The topological polar surface area (TPSA) is 96.9 Å². The highest BCUT2D eigenvalue weighted by atomic mass is 31.2. The average molecular weight is 402 g/mol. The minimum absolute atomic E-state index is 0.144. The predicted octanol–water partition coefficient (Wildman–Crippen LogP) is 1.32. The van der Waals surface area contributed by atoms with Crippen LogP contribution in [-0.2, 0) is 13.8 Å². The van der Waals surface area contributed by atoms with E-state index in [0.717, 1.165) is 0 Å². The lowest BCUT2D eigenvalue weighted by Gasteiger charge is -2.41. The first-order valence-electron chi connectivity index (χ1n) is 9.17. The molecule has 9 nitrogen and oxygen atoms in total. The van der Waals surface area contributed by atoms with E-state index in [1.165, 1.54) is 16.8 Å². The molecule has 1 N–H and O–H groups in total. The maximum Gasteiger partial charge on any atom is 0.330 e. The lowest BCUT2D eigenvalue weighted by atomic mass is 10.2. The third-order valence-corrected chi connectivity index (χ3v) is 7.66. The van der Waals surface area contributed by atoms with Crippen molar-refractivity contribution in [2.24, 2.45) is 0 Å². The molecule has 1 saturated heterocycles. The van der Waals surface area contributed by atoms with Crippen LogP contribution in [0.25, 0.3) is 0 Å². The Bertz CT molecular complexity index is 776. The van der Waals surface area contributed by atoms with Gasteiger partial charge in [0.15, 0.2) is 6.23 Å². The number of H-pyrrole nitrogens is 1. The largest absolute Gasteiger partial charge is 0.350 e. The van der Waals surface area contributed by atoms with Crippen LogP contribution in [0.3, 0.4) is 0 Å². The summed E-state index contributed by atoms with van der Waals surface area (Å²) in [5.41, 5.74) is -1.11. The number of rotatable bonds is 7. The molecule has 154 valence electrons. The van der Waals surface area contributed by atoms with Crippen molar-refractivity contribution in [3.63, 3.8) is 0 Å². The van der Waals surface area contributed by atoms with Crippen molar-refractivity contribution >= 4 is 7.52 Å². The van der Waals surface area contributed by atoms with Gasteiger partial charge >= 0.3 is 5.69 Å². The van der Waals surface area contributed by atoms with Crippen LogP contribution in [0.4, 0.5) is 0 Å². The Balaban J connectivity index is 2.20. The van der Waals surface area contributed by atoms with Gasteiger partial charge < -0.3 is 9.26 Å². The summed E-state index contributed by atoms with van der Waals surface area (Å²) in [6.07, 6.45) is 0.528. The highest BCUT2D eigenvalue weighted by Crippen LogP contribution is 2.53. The monoisotopic (exact) mass is 402 g/mol. The lowest BCUT2D eigenvalue weighted by Crippen LogP contribution is -2.51. The van der Waals surface area contributed by atoms with E-state index in [0.29, 0.717) is 13.1 Å². The summed E-state index contributed by atoms with van der Waals surface area (Å²) >= 11 is 0. The molecule has 0 spiro atoms. The van der Waals surface area contributed by atoms with E-state index in [9.17, 15) is 14.2 Å². The van der Waals surface area contributed by atoms with E-state index < -0.39 is 25.0 Å². The Morgan fingerprint density at radius 2 is 1.96 bits per heavy atom. The van der Waals surface area contributed by atoms with Crippen LogP contribution < -0.4 is 11.2 Å². The van der Waals surface area contributed by atoms with Crippen LogP contribution in [0.15, 0.2) is 21.9 Å². The van der Waals surface area contributed by atoms with Crippen molar-refractivity contribution in [1.82, 2.24) is 19.1 Å². The van der Waals surface area contributed by atoms with Crippen LogP contribution in [0.1, 0.15) is 33.9 Å². The van der Waals surface area contributed by atoms with Crippen molar-refractivity contribution in [2.75, 3.05) is 33.8 Å². The molecule has 27 heavy (non-hydrogen) atoms. The standard InChI is InChI=1S/C17H31N4O5P/c1-12(2)20-9-14(11-25-27(24,13(3)4)19(5)6)26-16(10-20)21-8-7-15(22)18-17(21)23/h7-8,12-14,16H,9-11H2,1-6H3,(H,18,22,23). The Hall–Kier alpha value is -1.25. The highest BCUT2D eigenvalue weighted by Gasteiger charge is 2.35. The molecule has 0 aromatic carbocycles. The Kier molecular flexibility index (Phi) is 7.21. The van der Waals surface area contributed by atoms with Gasteiger partial charge in [-0.1, -0.05) is 13.8 Å². The lowest BCUT2D eigenvalue weighted by molar-refractivity contribution is -0.139. The van der Waals surface area contributed by atoms with E-state index in [1.807, 2.05) is 13.8 Å². The molecule has 0 saturated carbocycles. The number of morpholine rings is 1. The molecule has 1 aliphatic heterocycles. The van der Waals surface area contributed by atoms with Crippen LogP contribution >= 0.6 is 7.52 Å². The number of aromatic amines is 1. The average Bonchev–Trinajstić information content (AvgIpc) is 2.58. The molecule has 0 aliphatic carbocycles. The summed E-state index contributed by atoms with van der Waals surface area (Å²) in [4.78, 5) is 27.9. The van der Waals surface area contributed by atoms with E-state index in [2.05, 4.69) is 23.7 Å². The van der Waals surface area contributed by atoms with Crippen molar-refractivity contribution in [2.45, 2.75) is 51.7 Å². The SMILES string of the molecule is CC(C)N1CC(COP(=O)(C(C)C)N(C)C)OC(n2ccc(=O)[nH]c2=O)C1. The van der Waals surface area contributed by atoms with Gasteiger partial charge in [0.05, 0.1) is 12.7 Å². The van der Waals surface area contributed by atoms with Crippen molar-refractivity contribution in [3.05, 3.63) is 33.1 Å². The normalized spacial score (nSPS) is 23.9. The van der Waals surface area contributed by atoms with Crippen LogP contribution in [-0.4, -0.2) is 70.7 Å².